The average molecular weight is 430 g/mol. The predicted molar refractivity (Wildman–Crippen MR) is 113 cm³/mol. The largest absolute Gasteiger partial charge is 0.350 e. The lowest BCUT2D eigenvalue weighted by atomic mass is 10.2. The zero-order valence-electron chi connectivity index (χ0n) is 15.7. The Balaban J connectivity index is 1.91. The summed E-state index contributed by atoms with van der Waals surface area (Å²) in [6, 6.07) is 16.5. The fraction of sp³-hybridized carbons (Fsp3) is 0.143. The van der Waals surface area contributed by atoms with Crippen molar-refractivity contribution >= 4 is 33.2 Å². The van der Waals surface area contributed by atoms with E-state index in [1.54, 1.807) is 67.8 Å². The second kappa shape index (κ2) is 9.07. The third kappa shape index (κ3) is 4.93. The SMILES string of the molecule is Cc1c(Cl)cccc1N(CC(=O)NCc1ccncc1)S(=O)(=O)c1ccccc1. The van der Waals surface area contributed by atoms with Crippen LogP contribution in [-0.2, 0) is 21.4 Å². The van der Waals surface area contributed by atoms with Gasteiger partial charge in [0.15, 0.2) is 0 Å². The van der Waals surface area contributed by atoms with Gasteiger partial charge < -0.3 is 5.32 Å². The fourth-order valence-corrected chi connectivity index (χ4v) is 4.44. The highest BCUT2D eigenvalue weighted by atomic mass is 35.5. The lowest BCUT2D eigenvalue weighted by molar-refractivity contribution is -0.119. The van der Waals surface area contributed by atoms with Gasteiger partial charge >= 0.3 is 0 Å². The van der Waals surface area contributed by atoms with E-state index in [0.29, 0.717) is 16.3 Å². The molecule has 1 heterocycles. The molecule has 8 heteroatoms. The highest BCUT2D eigenvalue weighted by Gasteiger charge is 2.28. The van der Waals surface area contributed by atoms with Crippen LogP contribution >= 0.6 is 11.6 Å². The number of rotatable bonds is 7. The van der Waals surface area contributed by atoms with Gasteiger partial charge in [-0.3, -0.25) is 14.1 Å². The maximum Gasteiger partial charge on any atom is 0.264 e. The molecule has 0 saturated carbocycles. The highest BCUT2D eigenvalue weighted by molar-refractivity contribution is 7.92. The molecule has 0 atom stereocenters. The number of halogens is 1. The number of hydrogen-bond donors (Lipinski definition) is 1. The molecule has 0 unspecified atom stereocenters. The summed E-state index contributed by atoms with van der Waals surface area (Å²) in [5, 5.41) is 3.18. The van der Waals surface area contributed by atoms with E-state index in [4.69, 9.17) is 11.6 Å². The van der Waals surface area contributed by atoms with Crippen molar-refractivity contribution < 1.29 is 13.2 Å². The summed E-state index contributed by atoms with van der Waals surface area (Å²) in [7, 11) is -3.97. The van der Waals surface area contributed by atoms with Crippen molar-refractivity contribution in [3.63, 3.8) is 0 Å². The normalized spacial score (nSPS) is 11.1. The Morgan fingerprint density at radius 1 is 1.03 bits per heavy atom. The molecular formula is C21H20ClN3O3S. The monoisotopic (exact) mass is 429 g/mol. The van der Waals surface area contributed by atoms with Crippen LogP contribution in [0.15, 0.2) is 78.0 Å². The summed E-state index contributed by atoms with van der Waals surface area (Å²) < 4.78 is 27.7. The van der Waals surface area contributed by atoms with Crippen molar-refractivity contribution in [2.75, 3.05) is 10.8 Å². The van der Waals surface area contributed by atoms with Crippen LogP contribution < -0.4 is 9.62 Å². The van der Waals surface area contributed by atoms with Crippen molar-refractivity contribution in [2.24, 2.45) is 0 Å². The molecule has 0 saturated heterocycles. The topological polar surface area (TPSA) is 79.4 Å². The first-order chi connectivity index (χ1) is 13.9. The van der Waals surface area contributed by atoms with Crippen molar-refractivity contribution in [3.05, 3.63) is 89.2 Å². The van der Waals surface area contributed by atoms with Crippen LogP contribution in [0.1, 0.15) is 11.1 Å². The molecule has 3 rings (SSSR count). The van der Waals surface area contributed by atoms with Crippen molar-refractivity contribution in [1.82, 2.24) is 10.3 Å². The van der Waals surface area contributed by atoms with E-state index in [0.717, 1.165) is 9.87 Å². The van der Waals surface area contributed by atoms with Gasteiger partial charge in [0.1, 0.15) is 6.54 Å². The van der Waals surface area contributed by atoms with E-state index in [-0.39, 0.29) is 18.0 Å². The van der Waals surface area contributed by atoms with Crippen molar-refractivity contribution in [3.8, 4) is 0 Å². The highest BCUT2D eigenvalue weighted by Crippen LogP contribution is 2.30. The van der Waals surface area contributed by atoms with Crippen LogP contribution in [0.2, 0.25) is 5.02 Å². The lowest BCUT2D eigenvalue weighted by Crippen LogP contribution is -2.41. The lowest BCUT2D eigenvalue weighted by Gasteiger charge is -2.26. The number of nitrogens with zero attached hydrogens (tertiary/aromatic N) is 2. The molecule has 150 valence electrons. The minimum atomic E-state index is -3.97. The number of benzene rings is 2. The Kier molecular flexibility index (Phi) is 6.51. The molecule has 0 bridgehead atoms. The number of aromatic nitrogens is 1. The van der Waals surface area contributed by atoms with Gasteiger partial charge in [0, 0.05) is 24.0 Å². The number of carbonyl (C=O) groups excluding carboxylic acids is 1. The number of carbonyl (C=O) groups is 1. The van der Waals surface area contributed by atoms with Gasteiger partial charge in [0.05, 0.1) is 10.6 Å². The molecule has 2 aromatic carbocycles. The molecule has 0 aliphatic carbocycles. The zero-order chi connectivity index (χ0) is 20.9. The summed E-state index contributed by atoms with van der Waals surface area (Å²) in [6.07, 6.45) is 3.26. The molecule has 0 radical (unpaired) electrons. The zero-order valence-corrected chi connectivity index (χ0v) is 17.3. The third-order valence-electron chi connectivity index (χ3n) is 4.37. The van der Waals surface area contributed by atoms with Crippen LogP contribution in [0.4, 0.5) is 5.69 Å². The number of amides is 1. The van der Waals surface area contributed by atoms with Crippen LogP contribution in [0, 0.1) is 6.92 Å². The Hall–Kier alpha value is -2.90. The number of hydrogen-bond acceptors (Lipinski definition) is 4. The van der Waals surface area contributed by atoms with E-state index < -0.39 is 15.9 Å². The summed E-state index contributed by atoms with van der Waals surface area (Å²) in [4.78, 5) is 16.6. The summed E-state index contributed by atoms with van der Waals surface area (Å²) in [6.45, 7) is 1.62. The molecule has 29 heavy (non-hydrogen) atoms. The van der Waals surface area contributed by atoms with Crippen molar-refractivity contribution in [1.29, 1.82) is 0 Å². The Labute approximate surface area is 175 Å². The standard InChI is InChI=1S/C21H20ClN3O3S/c1-16-19(22)8-5-9-20(16)25(29(27,28)18-6-3-2-4-7-18)15-21(26)24-14-17-10-12-23-13-11-17/h2-13H,14-15H2,1H3,(H,24,26). The fourth-order valence-electron chi connectivity index (χ4n) is 2.77. The van der Waals surface area contributed by atoms with Gasteiger partial charge in [-0.15, -0.1) is 0 Å². The summed E-state index contributed by atoms with van der Waals surface area (Å²) in [5.41, 5.74) is 1.81. The summed E-state index contributed by atoms with van der Waals surface area (Å²) >= 11 is 6.20. The molecule has 0 aliphatic heterocycles. The maximum atomic E-state index is 13.3. The Morgan fingerprint density at radius 2 is 1.72 bits per heavy atom. The molecule has 1 N–H and O–H groups in total. The Morgan fingerprint density at radius 3 is 2.41 bits per heavy atom. The second-order valence-electron chi connectivity index (χ2n) is 6.34. The molecule has 6 nitrogen and oxygen atoms in total. The maximum absolute atomic E-state index is 13.3. The average Bonchev–Trinajstić information content (AvgIpc) is 2.74. The van der Waals surface area contributed by atoms with Gasteiger partial charge in [0.2, 0.25) is 5.91 Å². The van der Waals surface area contributed by atoms with Gasteiger partial charge in [0.25, 0.3) is 10.0 Å². The number of nitrogens with one attached hydrogen (secondary N) is 1. The minimum Gasteiger partial charge on any atom is -0.350 e. The predicted octanol–water partition coefficient (Wildman–Crippen LogP) is 3.56. The van der Waals surface area contributed by atoms with Crippen LogP contribution in [0.3, 0.4) is 0 Å². The molecule has 3 aromatic rings. The van der Waals surface area contributed by atoms with Crippen LogP contribution in [-0.4, -0.2) is 25.9 Å². The molecular weight excluding hydrogens is 410 g/mol. The van der Waals surface area contributed by atoms with Gasteiger partial charge in [-0.05, 0) is 54.4 Å². The van der Waals surface area contributed by atoms with Gasteiger partial charge in [-0.2, -0.15) is 0 Å². The quantitative estimate of drug-likeness (QED) is 0.622. The molecule has 1 amide bonds. The smallest absolute Gasteiger partial charge is 0.264 e. The van der Waals surface area contributed by atoms with Gasteiger partial charge in [-0.1, -0.05) is 35.9 Å². The van der Waals surface area contributed by atoms with E-state index in [9.17, 15) is 13.2 Å². The van der Waals surface area contributed by atoms with Crippen LogP contribution in [0.25, 0.3) is 0 Å². The Bertz CT molecular complexity index is 1090. The first-order valence-corrected chi connectivity index (χ1v) is 10.7. The molecule has 1 aromatic heterocycles. The van der Waals surface area contributed by atoms with E-state index >= 15 is 0 Å². The molecule has 0 aliphatic rings. The molecule has 0 spiro atoms. The van der Waals surface area contributed by atoms with Crippen molar-refractivity contribution in [2.45, 2.75) is 18.4 Å². The number of anilines is 1. The minimum absolute atomic E-state index is 0.0984. The molecule has 0 fully saturated rings. The van der Waals surface area contributed by atoms with E-state index in [2.05, 4.69) is 10.3 Å². The first-order valence-electron chi connectivity index (χ1n) is 8.88. The summed E-state index contributed by atoms with van der Waals surface area (Å²) in [5.74, 6) is -0.430. The first kappa shape index (κ1) is 20.8. The van der Waals surface area contributed by atoms with E-state index in [1.165, 1.54) is 12.1 Å². The second-order valence-corrected chi connectivity index (χ2v) is 8.61. The van der Waals surface area contributed by atoms with Gasteiger partial charge in [-0.25, -0.2) is 8.42 Å². The number of pyridine rings is 1. The van der Waals surface area contributed by atoms with Crippen LogP contribution in [0.5, 0.6) is 0 Å². The number of sulfonamides is 1. The van der Waals surface area contributed by atoms with E-state index in [1.807, 2.05) is 0 Å². The third-order valence-corrected chi connectivity index (χ3v) is 6.55.